The van der Waals surface area contributed by atoms with Crippen molar-refractivity contribution in [3.05, 3.63) is 21.9 Å². The largest absolute Gasteiger partial charge is 0.357 e. The number of amides is 1. The molecule has 1 aromatic rings. The molecule has 3 rings (SSSR count). The summed E-state index contributed by atoms with van der Waals surface area (Å²) in [5, 5.41) is 8.76. The van der Waals surface area contributed by atoms with Crippen LogP contribution < -0.4 is 10.6 Å². The summed E-state index contributed by atoms with van der Waals surface area (Å²) in [6.45, 7) is 10.5. The van der Waals surface area contributed by atoms with Crippen molar-refractivity contribution in [3.8, 4) is 0 Å². The van der Waals surface area contributed by atoms with E-state index >= 15 is 0 Å². The second kappa shape index (κ2) is 12.0. The lowest BCUT2D eigenvalue weighted by molar-refractivity contribution is -0.131. The summed E-state index contributed by atoms with van der Waals surface area (Å²) in [7, 11) is 0. The van der Waals surface area contributed by atoms with Crippen LogP contribution in [0.1, 0.15) is 43.6 Å². The second-order valence-electron chi connectivity index (χ2n) is 7.26. The molecule has 1 aromatic heterocycles. The Kier molecular flexibility index (Phi) is 10.0. The van der Waals surface area contributed by atoms with Crippen molar-refractivity contribution in [1.29, 1.82) is 0 Å². The summed E-state index contributed by atoms with van der Waals surface area (Å²) in [5.74, 6) is 1.05. The SMILES string of the molecule is CCNC(=NCC1CCCN1CC)NCCC(=O)N1CCc2sccc2C1.I. The first-order valence-electron chi connectivity index (χ1n) is 10.3. The molecular formula is C20H34IN5OS. The minimum absolute atomic E-state index is 0. The van der Waals surface area contributed by atoms with Gasteiger partial charge in [0.1, 0.15) is 0 Å². The van der Waals surface area contributed by atoms with E-state index < -0.39 is 0 Å². The number of halogens is 1. The van der Waals surface area contributed by atoms with Crippen LogP contribution in [-0.2, 0) is 17.8 Å². The molecule has 6 nitrogen and oxygen atoms in total. The van der Waals surface area contributed by atoms with E-state index in [2.05, 4.69) is 40.8 Å². The third-order valence-electron chi connectivity index (χ3n) is 5.50. The Balaban J connectivity index is 0.00000280. The summed E-state index contributed by atoms with van der Waals surface area (Å²) in [5.41, 5.74) is 1.32. The highest BCUT2D eigenvalue weighted by Gasteiger charge is 2.23. The number of nitrogens with zero attached hydrogens (tertiary/aromatic N) is 3. The Bertz CT molecular complexity index is 650. The van der Waals surface area contributed by atoms with Crippen LogP contribution in [0.5, 0.6) is 0 Å². The van der Waals surface area contributed by atoms with Gasteiger partial charge in [-0.15, -0.1) is 35.3 Å². The summed E-state index contributed by atoms with van der Waals surface area (Å²) < 4.78 is 0. The van der Waals surface area contributed by atoms with Crippen LogP contribution in [0.3, 0.4) is 0 Å². The molecule has 0 aromatic carbocycles. The molecule has 0 radical (unpaired) electrons. The lowest BCUT2D eigenvalue weighted by Gasteiger charge is -2.27. The predicted octanol–water partition coefficient (Wildman–Crippen LogP) is 2.68. The van der Waals surface area contributed by atoms with Crippen molar-refractivity contribution >= 4 is 47.2 Å². The Morgan fingerprint density at radius 2 is 2.18 bits per heavy atom. The summed E-state index contributed by atoms with van der Waals surface area (Å²) in [6, 6.07) is 2.70. The number of fused-ring (bicyclic) bond motifs is 1. The summed E-state index contributed by atoms with van der Waals surface area (Å²) in [6.07, 6.45) is 4.00. The van der Waals surface area contributed by atoms with Gasteiger partial charge in [-0.05, 0) is 56.3 Å². The summed E-state index contributed by atoms with van der Waals surface area (Å²) >= 11 is 1.81. The van der Waals surface area contributed by atoms with E-state index in [0.29, 0.717) is 19.0 Å². The minimum atomic E-state index is 0. The number of likely N-dealkylation sites (N-methyl/N-ethyl adjacent to an activating group) is 1. The number of carbonyl (C=O) groups is 1. The number of rotatable bonds is 7. The first-order chi connectivity index (χ1) is 13.2. The van der Waals surface area contributed by atoms with Crippen LogP contribution >= 0.6 is 35.3 Å². The topological polar surface area (TPSA) is 60.0 Å². The van der Waals surface area contributed by atoms with Crippen LogP contribution in [0.2, 0.25) is 0 Å². The predicted molar refractivity (Wildman–Crippen MR) is 128 cm³/mol. The van der Waals surface area contributed by atoms with E-state index in [1.807, 2.05) is 4.90 Å². The average molecular weight is 519 g/mol. The highest BCUT2D eigenvalue weighted by molar-refractivity contribution is 14.0. The number of likely N-dealkylation sites (tertiary alicyclic amines) is 1. The Hall–Kier alpha value is -0.870. The van der Waals surface area contributed by atoms with Gasteiger partial charge in [-0.1, -0.05) is 6.92 Å². The first-order valence-corrected chi connectivity index (χ1v) is 11.2. The number of carbonyl (C=O) groups excluding carboxylic acids is 1. The first kappa shape index (κ1) is 23.4. The molecule has 28 heavy (non-hydrogen) atoms. The Morgan fingerprint density at radius 1 is 1.32 bits per heavy atom. The van der Waals surface area contributed by atoms with Crippen molar-refractivity contribution < 1.29 is 4.79 Å². The molecule has 8 heteroatoms. The van der Waals surface area contributed by atoms with Crippen LogP contribution in [-0.4, -0.2) is 67.0 Å². The molecule has 0 saturated carbocycles. The van der Waals surface area contributed by atoms with Gasteiger partial charge in [0.15, 0.2) is 5.96 Å². The number of hydrogen-bond donors (Lipinski definition) is 2. The Morgan fingerprint density at radius 3 is 2.96 bits per heavy atom. The second-order valence-corrected chi connectivity index (χ2v) is 8.26. The highest BCUT2D eigenvalue weighted by Crippen LogP contribution is 2.24. The third kappa shape index (κ3) is 6.32. The van der Waals surface area contributed by atoms with Gasteiger partial charge < -0.3 is 15.5 Å². The van der Waals surface area contributed by atoms with Gasteiger partial charge in [0.2, 0.25) is 5.91 Å². The zero-order chi connectivity index (χ0) is 19.1. The van der Waals surface area contributed by atoms with Gasteiger partial charge in [-0.25, -0.2) is 0 Å². The fourth-order valence-corrected chi connectivity index (χ4v) is 4.85. The minimum Gasteiger partial charge on any atom is -0.357 e. The molecule has 0 spiro atoms. The maximum absolute atomic E-state index is 12.5. The van der Waals surface area contributed by atoms with Gasteiger partial charge >= 0.3 is 0 Å². The van der Waals surface area contributed by atoms with E-state index in [1.165, 1.54) is 29.8 Å². The Labute approximate surface area is 190 Å². The molecule has 1 fully saturated rings. The lowest BCUT2D eigenvalue weighted by atomic mass is 10.1. The average Bonchev–Trinajstić information content (AvgIpc) is 3.33. The molecule has 1 saturated heterocycles. The normalized spacial score (nSPS) is 19.9. The smallest absolute Gasteiger partial charge is 0.224 e. The number of aliphatic imine (C=N–C) groups is 1. The number of thiophene rings is 1. The molecule has 2 aliphatic rings. The third-order valence-corrected chi connectivity index (χ3v) is 6.52. The maximum atomic E-state index is 12.5. The van der Waals surface area contributed by atoms with Crippen molar-refractivity contribution in [2.24, 2.45) is 4.99 Å². The molecule has 1 unspecified atom stereocenters. The quantitative estimate of drug-likeness (QED) is 0.331. The molecule has 0 aliphatic carbocycles. The molecule has 0 bridgehead atoms. The molecule has 1 atom stereocenters. The monoisotopic (exact) mass is 519 g/mol. The zero-order valence-electron chi connectivity index (χ0n) is 17.1. The van der Waals surface area contributed by atoms with Gasteiger partial charge in [0.05, 0.1) is 6.54 Å². The van der Waals surface area contributed by atoms with Gasteiger partial charge in [0, 0.05) is 43.5 Å². The van der Waals surface area contributed by atoms with E-state index in [9.17, 15) is 4.79 Å². The van der Waals surface area contributed by atoms with Crippen molar-refractivity contribution in [2.45, 2.75) is 52.1 Å². The molecule has 158 valence electrons. The fourth-order valence-electron chi connectivity index (χ4n) is 3.96. The lowest BCUT2D eigenvalue weighted by Crippen LogP contribution is -2.42. The number of hydrogen-bond acceptors (Lipinski definition) is 4. The van der Waals surface area contributed by atoms with Crippen LogP contribution in [0, 0.1) is 0 Å². The van der Waals surface area contributed by atoms with Crippen molar-refractivity contribution in [2.75, 3.05) is 39.3 Å². The van der Waals surface area contributed by atoms with Crippen LogP contribution in [0.4, 0.5) is 0 Å². The number of nitrogens with one attached hydrogen (secondary N) is 2. The molecule has 3 heterocycles. The van der Waals surface area contributed by atoms with E-state index in [0.717, 1.165) is 45.1 Å². The highest BCUT2D eigenvalue weighted by atomic mass is 127. The van der Waals surface area contributed by atoms with Gasteiger partial charge in [0.25, 0.3) is 0 Å². The molecule has 2 aliphatic heterocycles. The van der Waals surface area contributed by atoms with Crippen molar-refractivity contribution in [1.82, 2.24) is 20.4 Å². The van der Waals surface area contributed by atoms with E-state index in [-0.39, 0.29) is 29.9 Å². The van der Waals surface area contributed by atoms with Crippen LogP contribution in [0.25, 0.3) is 0 Å². The molecular weight excluding hydrogens is 485 g/mol. The zero-order valence-corrected chi connectivity index (χ0v) is 20.2. The van der Waals surface area contributed by atoms with E-state index in [1.54, 1.807) is 11.3 Å². The van der Waals surface area contributed by atoms with Crippen LogP contribution in [0.15, 0.2) is 16.4 Å². The van der Waals surface area contributed by atoms with Gasteiger partial charge in [-0.2, -0.15) is 0 Å². The maximum Gasteiger partial charge on any atom is 0.224 e. The molecule has 2 N–H and O–H groups in total. The van der Waals surface area contributed by atoms with Crippen molar-refractivity contribution in [3.63, 3.8) is 0 Å². The fraction of sp³-hybridized carbons (Fsp3) is 0.700. The summed E-state index contributed by atoms with van der Waals surface area (Å²) in [4.78, 5) is 23.2. The number of guanidine groups is 1. The molecule has 1 amide bonds. The van der Waals surface area contributed by atoms with E-state index in [4.69, 9.17) is 4.99 Å². The standard InChI is InChI=1S/C20H33N5OS.HI/c1-3-21-20(23-14-17-6-5-11-24(17)4-2)22-10-7-19(26)25-12-8-18-16(15-25)9-13-27-18;/h9,13,17H,3-8,10-12,14-15H2,1-2H3,(H2,21,22,23);1H. The van der Waals surface area contributed by atoms with Gasteiger partial charge in [-0.3, -0.25) is 14.7 Å².